The Balaban J connectivity index is 0.00000300. The van der Waals surface area contributed by atoms with Crippen molar-refractivity contribution in [2.24, 2.45) is 4.99 Å². The van der Waals surface area contributed by atoms with Crippen LogP contribution in [0.5, 0.6) is 0 Å². The van der Waals surface area contributed by atoms with Crippen LogP contribution in [0.2, 0.25) is 0 Å². The van der Waals surface area contributed by atoms with Gasteiger partial charge in [-0.15, -0.1) is 35.3 Å². The minimum Gasteiger partial charge on any atom is -0.443 e. The highest BCUT2D eigenvalue weighted by molar-refractivity contribution is 14.0. The fourth-order valence-electron chi connectivity index (χ4n) is 2.63. The summed E-state index contributed by atoms with van der Waals surface area (Å²) in [5, 5.41) is 11.1. The zero-order chi connectivity index (χ0) is 19.8. The highest BCUT2D eigenvalue weighted by Gasteiger charge is 2.08. The molecule has 2 aromatic heterocycles. The molecule has 0 bridgehead atoms. The Kier molecular flexibility index (Phi) is 9.13. The minimum absolute atomic E-state index is 0. The first-order valence-electron chi connectivity index (χ1n) is 8.93. The van der Waals surface area contributed by atoms with Crippen LogP contribution in [0.15, 0.2) is 57.5 Å². The van der Waals surface area contributed by atoms with E-state index in [4.69, 9.17) is 4.42 Å². The Bertz CT molecular complexity index is 940. The first-order valence-corrected chi connectivity index (χ1v) is 9.81. The Hall–Kier alpha value is -2.40. The van der Waals surface area contributed by atoms with Gasteiger partial charge in [0.1, 0.15) is 6.26 Å². The number of nitrogens with one attached hydrogen (secondary N) is 3. The number of hydrogen-bond donors (Lipinski definition) is 3. The Labute approximate surface area is 191 Å². The molecular formula is C20H24IN5O2S. The number of rotatable bonds is 7. The van der Waals surface area contributed by atoms with Crippen molar-refractivity contribution in [3.63, 3.8) is 0 Å². The van der Waals surface area contributed by atoms with E-state index in [0.717, 1.165) is 22.6 Å². The lowest BCUT2D eigenvalue weighted by Crippen LogP contribution is -2.37. The molecule has 3 aromatic rings. The highest BCUT2D eigenvalue weighted by Crippen LogP contribution is 2.23. The van der Waals surface area contributed by atoms with Crippen molar-refractivity contribution in [3.05, 3.63) is 64.9 Å². The summed E-state index contributed by atoms with van der Waals surface area (Å²) in [6, 6.07) is 11.6. The number of aliphatic imine (C=N–C) groups is 1. The average Bonchev–Trinajstić information content (AvgIpc) is 3.42. The van der Waals surface area contributed by atoms with E-state index in [9.17, 15) is 4.79 Å². The van der Waals surface area contributed by atoms with E-state index in [-0.39, 0.29) is 29.9 Å². The number of carbonyl (C=O) groups excluding carboxylic acids is 1. The molecule has 0 atom stereocenters. The van der Waals surface area contributed by atoms with Crippen LogP contribution in [-0.2, 0) is 13.0 Å². The van der Waals surface area contributed by atoms with E-state index in [1.807, 2.05) is 35.7 Å². The molecule has 2 heterocycles. The molecule has 0 spiro atoms. The molecule has 29 heavy (non-hydrogen) atoms. The molecule has 7 nitrogen and oxygen atoms in total. The molecule has 0 aliphatic heterocycles. The molecule has 3 rings (SSSR count). The number of guanidine groups is 1. The first kappa shape index (κ1) is 22.9. The van der Waals surface area contributed by atoms with Crippen molar-refractivity contribution < 1.29 is 9.21 Å². The van der Waals surface area contributed by atoms with Gasteiger partial charge in [0.05, 0.1) is 17.1 Å². The van der Waals surface area contributed by atoms with E-state index < -0.39 is 0 Å². The van der Waals surface area contributed by atoms with Crippen LogP contribution in [0, 0.1) is 0 Å². The van der Waals surface area contributed by atoms with E-state index >= 15 is 0 Å². The van der Waals surface area contributed by atoms with Gasteiger partial charge in [-0.3, -0.25) is 9.79 Å². The van der Waals surface area contributed by atoms with Crippen molar-refractivity contribution in [1.29, 1.82) is 0 Å². The summed E-state index contributed by atoms with van der Waals surface area (Å²) in [4.78, 5) is 21.4. The van der Waals surface area contributed by atoms with Crippen molar-refractivity contribution in [2.75, 3.05) is 20.6 Å². The fraction of sp³-hybridized carbons (Fsp3) is 0.250. The van der Waals surface area contributed by atoms with Gasteiger partial charge in [-0.2, -0.15) is 0 Å². The van der Waals surface area contributed by atoms with E-state index in [0.29, 0.717) is 30.5 Å². The van der Waals surface area contributed by atoms with Crippen LogP contribution in [0.4, 0.5) is 0 Å². The smallest absolute Gasteiger partial charge is 0.251 e. The van der Waals surface area contributed by atoms with E-state index in [1.54, 1.807) is 37.8 Å². The van der Waals surface area contributed by atoms with E-state index in [2.05, 4.69) is 25.9 Å². The maximum Gasteiger partial charge on any atom is 0.251 e. The van der Waals surface area contributed by atoms with Gasteiger partial charge >= 0.3 is 0 Å². The summed E-state index contributed by atoms with van der Waals surface area (Å²) in [5.74, 6) is 1.23. The van der Waals surface area contributed by atoms with Crippen LogP contribution >= 0.6 is 35.3 Å². The number of thiophene rings is 1. The summed E-state index contributed by atoms with van der Waals surface area (Å²) in [5.41, 5.74) is 2.56. The van der Waals surface area contributed by atoms with Gasteiger partial charge in [-0.05, 0) is 35.6 Å². The number of carbonyl (C=O) groups is 1. The third-order valence-electron chi connectivity index (χ3n) is 4.07. The number of halogens is 1. The van der Waals surface area contributed by atoms with Crippen LogP contribution in [0.1, 0.15) is 21.6 Å². The summed E-state index contributed by atoms with van der Waals surface area (Å²) >= 11 is 1.59. The summed E-state index contributed by atoms with van der Waals surface area (Å²) < 4.78 is 5.52. The number of benzene rings is 1. The summed E-state index contributed by atoms with van der Waals surface area (Å²) in [6.45, 7) is 1.21. The standard InChI is InChI=1S/C20H23N5O2S.HI/c1-21-18(26)15-6-3-5-14(11-15)8-9-23-20(22-2)24-12-16-13-27-19(25-16)17-7-4-10-28-17;/h3-7,10-11,13H,8-9,12H2,1-2H3,(H,21,26)(H2,22,23,24);1H. The SMILES string of the molecule is CN=C(NCCc1cccc(C(=O)NC)c1)NCc1coc(-c2cccs2)n1.I. The number of hydrogen-bond acceptors (Lipinski definition) is 5. The van der Waals surface area contributed by atoms with Gasteiger partial charge in [-0.25, -0.2) is 4.98 Å². The second-order valence-corrected chi connectivity index (χ2v) is 6.95. The molecule has 0 aliphatic carbocycles. The van der Waals surface area contributed by atoms with Crippen LogP contribution < -0.4 is 16.0 Å². The second-order valence-electron chi connectivity index (χ2n) is 6.00. The van der Waals surface area contributed by atoms with Crippen molar-refractivity contribution >= 4 is 47.2 Å². The summed E-state index contributed by atoms with van der Waals surface area (Å²) in [6.07, 6.45) is 2.43. The molecule has 0 aliphatic rings. The molecule has 3 N–H and O–H groups in total. The van der Waals surface area contributed by atoms with Crippen molar-refractivity contribution in [1.82, 2.24) is 20.9 Å². The first-order chi connectivity index (χ1) is 13.7. The lowest BCUT2D eigenvalue weighted by molar-refractivity contribution is 0.0963. The molecule has 1 amide bonds. The largest absolute Gasteiger partial charge is 0.443 e. The highest BCUT2D eigenvalue weighted by atomic mass is 127. The van der Waals surface area contributed by atoms with Gasteiger partial charge in [-0.1, -0.05) is 18.2 Å². The predicted octanol–water partition coefficient (Wildman–Crippen LogP) is 3.29. The second kappa shape index (κ2) is 11.6. The van der Waals surface area contributed by atoms with Gasteiger partial charge in [0.25, 0.3) is 5.91 Å². The fourth-order valence-corrected chi connectivity index (χ4v) is 3.29. The number of nitrogens with zero attached hydrogens (tertiary/aromatic N) is 2. The Morgan fingerprint density at radius 1 is 1.24 bits per heavy atom. The Morgan fingerprint density at radius 2 is 2.10 bits per heavy atom. The molecule has 0 saturated carbocycles. The van der Waals surface area contributed by atoms with Crippen LogP contribution in [0.3, 0.4) is 0 Å². The van der Waals surface area contributed by atoms with Crippen molar-refractivity contribution in [2.45, 2.75) is 13.0 Å². The molecule has 0 saturated heterocycles. The molecule has 1 aromatic carbocycles. The molecule has 9 heteroatoms. The minimum atomic E-state index is -0.0817. The van der Waals surface area contributed by atoms with Crippen LogP contribution in [-0.4, -0.2) is 37.5 Å². The van der Waals surface area contributed by atoms with Gasteiger partial charge in [0.15, 0.2) is 5.96 Å². The molecular weight excluding hydrogens is 501 g/mol. The zero-order valence-electron chi connectivity index (χ0n) is 16.3. The Morgan fingerprint density at radius 3 is 2.83 bits per heavy atom. The normalized spacial score (nSPS) is 10.9. The number of amides is 1. The average molecular weight is 525 g/mol. The molecule has 154 valence electrons. The third-order valence-corrected chi connectivity index (χ3v) is 4.92. The van der Waals surface area contributed by atoms with Crippen LogP contribution in [0.25, 0.3) is 10.8 Å². The lowest BCUT2D eigenvalue weighted by atomic mass is 10.1. The topological polar surface area (TPSA) is 91.5 Å². The third kappa shape index (κ3) is 6.57. The zero-order valence-corrected chi connectivity index (χ0v) is 19.4. The maximum atomic E-state index is 11.7. The monoisotopic (exact) mass is 525 g/mol. The van der Waals surface area contributed by atoms with E-state index in [1.165, 1.54) is 0 Å². The molecule has 0 unspecified atom stereocenters. The van der Waals surface area contributed by atoms with Gasteiger partial charge < -0.3 is 20.4 Å². The lowest BCUT2D eigenvalue weighted by Gasteiger charge is -2.11. The number of oxazole rings is 1. The summed E-state index contributed by atoms with van der Waals surface area (Å²) in [7, 11) is 3.35. The predicted molar refractivity (Wildman–Crippen MR) is 127 cm³/mol. The maximum absolute atomic E-state index is 11.7. The number of aromatic nitrogens is 1. The quantitative estimate of drug-likeness (QED) is 0.250. The van der Waals surface area contributed by atoms with Gasteiger partial charge in [0.2, 0.25) is 5.89 Å². The van der Waals surface area contributed by atoms with Crippen molar-refractivity contribution in [3.8, 4) is 10.8 Å². The molecule has 0 fully saturated rings. The molecule has 0 radical (unpaired) electrons. The van der Waals surface area contributed by atoms with Gasteiger partial charge in [0, 0.05) is 26.2 Å².